The first-order valence-electron chi connectivity index (χ1n) is 13.7. The largest absolute Gasteiger partial charge is 0.349 e. The van der Waals surface area contributed by atoms with Crippen molar-refractivity contribution in [2.75, 3.05) is 26.4 Å². The summed E-state index contributed by atoms with van der Waals surface area (Å²) in [6, 6.07) is 0. The summed E-state index contributed by atoms with van der Waals surface area (Å²) in [7, 11) is -7.87. The molecule has 0 aliphatic carbocycles. The molecule has 0 aliphatic rings. The zero-order chi connectivity index (χ0) is 28.5. The number of allylic oxidation sites excluding steroid dienone is 8. The normalized spacial score (nSPS) is 13.6. The maximum atomic E-state index is 14.5. The summed E-state index contributed by atoms with van der Waals surface area (Å²) in [4.78, 5) is -1.49. The minimum Gasteiger partial charge on any atom is -0.308 e. The molecule has 0 N–H and O–H groups in total. The lowest BCUT2D eigenvalue weighted by atomic mass is 10.0. The molecular weight excluding hydrogens is 506 g/mol. The predicted octanol–water partition coefficient (Wildman–Crippen LogP) is 10.4. The highest BCUT2D eigenvalue weighted by molar-refractivity contribution is 7.74. The van der Waals surface area contributed by atoms with Crippen molar-refractivity contribution in [3.05, 3.63) is 46.6 Å². The SMILES string of the molecule is CCOP(=O)(OCC)C(CC=C(C)C)(C/C=C(\C)CC/C=C(\C)CCC=C(C)C)P(=O)(OCC)OCC. The Balaban J connectivity index is 6.38. The summed E-state index contributed by atoms with van der Waals surface area (Å²) in [5, 5.41) is 0. The molecule has 6 nitrogen and oxygen atoms in total. The first kappa shape index (κ1) is 36.3. The Morgan fingerprint density at radius 2 is 0.919 bits per heavy atom. The molecule has 0 bridgehead atoms. The molecule has 0 fully saturated rings. The van der Waals surface area contributed by atoms with E-state index in [2.05, 4.69) is 39.8 Å². The molecule has 0 spiro atoms. The maximum Gasteiger partial charge on any atom is 0.349 e. The third-order valence-corrected chi connectivity index (χ3v) is 12.6. The lowest BCUT2D eigenvalue weighted by Gasteiger charge is -2.41. The molecule has 0 unspecified atom stereocenters. The van der Waals surface area contributed by atoms with Gasteiger partial charge in [-0.1, -0.05) is 46.6 Å². The van der Waals surface area contributed by atoms with E-state index in [-0.39, 0.29) is 39.3 Å². The summed E-state index contributed by atoms with van der Waals surface area (Å²) >= 11 is 0. The summed E-state index contributed by atoms with van der Waals surface area (Å²) in [5.74, 6) is 0. The molecule has 0 saturated heterocycles. The van der Waals surface area contributed by atoms with Gasteiger partial charge in [-0.2, -0.15) is 0 Å². The van der Waals surface area contributed by atoms with Crippen molar-refractivity contribution in [2.45, 2.75) is 113 Å². The first-order valence-corrected chi connectivity index (χ1v) is 16.8. The highest BCUT2D eigenvalue weighted by atomic mass is 31.2. The lowest BCUT2D eigenvalue weighted by molar-refractivity contribution is 0.177. The summed E-state index contributed by atoms with van der Waals surface area (Å²) in [6.07, 6.45) is 12.7. The standard InChI is InChI=1S/C29H54O6P2/c1-11-32-36(30,33-12-2)29(23-21-26(7)8,37(31,34-13-3)35-14-4)24-22-28(10)20-16-19-27(9)18-15-17-25(5)6/h17,19,21-22H,11-16,18,20,23-24H2,1-10H3/b27-19+,28-22+. The van der Waals surface area contributed by atoms with Crippen LogP contribution in [0.25, 0.3) is 0 Å². The van der Waals surface area contributed by atoms with E-state index >= 15 is 0 Å². The van der Waals surface area contributed by atoms with E-state index in [4.69, 9.17) is 18.1 Å². The minimum absolute atomic E-state index is 0.158. The predicted molar refractivity (Wildman–Crippen MR) is 159 cm³/mol. The van der Waals surface area contributed by atoms with E-state index < -0.39 is 20.1 Å². The van der Waals surface area contributed by atoms with Gasteiger partial charge in [0.1, 0.15) is 0 Å². The molecular formula is C29H54O6P2. The van der Waals surface area contributed by atoms with Crippen molar-refractivity contribution >= 4 is 15.2 Å². The van der Waals surface area contributed by atoms with Crippen molar-refractivity contribution in [3.63, 3.8) is 0 Å². The summed E-state index contributed by atoms with van der Waals surface area (Å²) in [5.41, 5.74) is 4.85. The molecule has 0 amide bonds. The van der Waals surface area contributed by atoms with E-state index in [9.17, 15) is 9.13 Å². The first-order chi connectivity index (χ1) is 17.4. The number of hydrogen-bond acceptors (Lipinski definition) is 6. The second-order valence-corrected chi connectivity index (χ2v) is 14.9. The van der Waals surface area contributed by atoms with Gasteiger partial charge >= 0.3 is 15.2 Å². The van der Waals surface area contributed by atoms with Gasteiger partial charge in [-0.3, -0.25) is 9.13 Å². The maximum absolute atomic E-state index is 14.5. The van der Waals surface area contributed by atoms with Crippen molar-refractivity contribution in [3.8, 4) is 0 Å². The van der Waals surface area contributed by atoms with Gasteiger partial charge in [0.25, 0.3) is 0 Å². The van der Waals surface area contributed by atoms with Crippen LogP contribution in [0, 0.1) is 0 Å². The number of hydrogen-bond donors (Lipinski definition) is 0. The molecule has 0 aliphatic heterocycles. The van der Waals surface area contributed by atoms with E-state index in [1.807, 2.05) is 26.0 Å². The minimum atomic E-state index is -3.94. The van der Waals surface area contributed by atoms with Crippen LogP contribution in [0.15, 0.2) is 46.6 Å². The molecule has 0 aromatic carbocycles. The molecule has 0 saturated carbocycles. The van der Waals surface area contributed by atoms with Crippen LogP contribution >= 0.6 is 15.2 Å². The van der Waals surface area contributed by atoms with Crippen LogP contribution in [0.3, 0.4) is 0 Å². The molecule has 0 heterocycles. The van der Waals surface area contributed by atoms with Crippen molar-refractivity contribution in [1.82, 2.24) is 0 Å². The van der Waals surface area contributed by atoms with Crippen LogP contribution < -0.4 is 0 Å². The zero-order valence-electron chi connectivity index (χ0n) is 25.2. The topological polar surface area (TPSA) is 71.1 Å². The summed E-state index contributed by atoms with van der Waals surface area (Å²) < 4.78 is 52.3. The molecule has 0 aromatic heterocycles. The Labute approximate surface area is 228 Å². The van der Waals surface area contributed by atoms with E-state index in [1.165, 1.54) is 11.1 Å². The monoisotopic (exact) mass is 560 g/mol. The van der Waals surface area contributed by atoms with Gasteiger partial charge in [0, 0.05) is 0 Å². The smallest absolute Gasteiger partial charge is 0.308 e. The second kappa shape index (κ2) is 18.5. The Morgan fingerprint density at radius 3 is 1.30 bits per heavy atom. The van der Waals surface area contributed by atoms with Crippen LogP contribution in [0.5, 0.6) is 0 Å². The van der Waals surface area contributed by atoms with Crippen molar-refractivity contribution in [1.29, 1.82) is 0 Å². The highest BCUT2D eigenvalue weighted by Crippen LogP contribution is 2.80. The summed E-state index contributed by atoms with van der Waals surface area (Å²) in [6.45, 7) is 20.1. The third kappa shape index (κ3) is 11.9. The van der Waals surface area contributed by atoms with E-state index in [0.717, 1.165) is 36.8 Å². The number of rotatable bonds is 20. The second-order valence-electron chi connectivity index (χ2n) is 9.80. The molecule has 216 valence electrons. The molecule has 8 heteroatoms. The van der Waals surface area contributed by atoms with Crippen LogP contribution in [0.2, 0.25) is 0 Å². The zero-order valence-corrected chi connectivity index (χ0v) is 27.0. The van der Waals surface area contributed by atoms with Crippen LogP contribution in [0.1, 0.15) is 108 Å². The Bertz CT molecular complexity index is 827. The van der Waals surface area contributed by atoms with Gasteiger partial charge in [0.2, 0.25) is 0 Å². The third-order valence-electron chi connectivity index (χ3n) is 5.95. The van der Waals surface area contributed by atoms with Gasteiger partial charge in [0.15, 0.2) is 4.90 Å². The van der Waals surface area contributed by atoms with Gasteiger partial charge in [-0.25, -0.2) is 0 Å². The Kier molecular flexibility index (Phi) is 18.2. The Morgan fingerprint density at radius 1 is 0.568 bits per heavy atom. The Hall–Kier alpha value is -0.740. The van der Waals surface area contributed by atoms with Gasteiger partial charge in [-0.15, -0.1) is 0 Å². The van der Waals surface area contributed by atoms with Gasteiger partial charge in [-0.05, 0) is 108 Å². The van der Waals surface area contributed by atoms with E-state index in [0.29, 0.717) is 0 Å². The van der Waals surface area contributed by atoms with Gasteiger partial charge < -0.3 is 18.1 Å². The van der Waals surface area contributed by atoms with Crippen LogP contribution in [-0.2, 0) is 27.2 Å². The van der Waals surface area contributed by atoms with Crippen LogP contribution in [-0.4, -0.2) is 31.3 Å². The van der Waals surface area contributed by atoms with Crippen molar-refractivity contribution < 1.29 is 27.2 Å². The fourth-order valence-corrected chi connectivity index (χ4v) is 9.58. The van der Waals surface area contributed by atoms with E-state index in [1.54, 1.807) is 27.7 Å². The molecule has 0 rings (SSSR count). The molecule has 0 atom stereocenters. The molecule has 0 radical (unpaired) electrons. The molecule has 37 heavy (non-hydrogen) atoms. The highest BCUT2D eigenvalue weighted by Gasteiger charge is 2.63. The molecule has 0 aromatic rings. The average Bonchev–Trinajstić information content (AvgIpc) is 2.79. The lowest BCUT2D eigenvalue weighted by Crippen LogP contribution is -2.33. The quantitative estimate of drug-likeness (QED) is 0.109. The average molecular weight is 561 g/mol. The van der Waals surface area contributed by atoms with Gasteiger partial charge in [0.05, 0.1) is 26.4 Å². The fourth-order valence-electron chi connectivity index (χ4n) is 3.96. The fraction of sp³-hybridized carbons (Fsp3) is 0.724. The van der Waals surface area contributed by atoms with Crippen molar-refractivity contribution in [2.24, 2.45) is 0 Å². The van der Waals surface area contributed by atoms with Crippen LogP contribution in [0.4, 0.5) is 0 Å².